The Labute approximate surface area is 150 Å². The lowest BCUT2D eigenvalue weighted by Crippen LogP contribution is -2.40. The third-order valence-corrected chi connectivity index (χ3v) is 5.00. The number of hydrogen-bond donors (Lipinski definition) is 1. The van der Waals surface area contributed by atoms with E-state index < -0.39 is 0 Å². The molecule has 0 spiro atoms. The van der Waals surface area contributed by atoms with Gasteiger partial charge >= 0.3 is 0 Å². The zero-order chi connectivity index (χ0) is 18.1. The summed E-state index contributed by atoms with van der Waals surface area (Å²) >= 11 is 0. The van der Waals surface area contributed by atoms with Gasteiger partial charge in [0.05, 0.1) is 23.1 Å². The van der Waals surface area contributed by atoms with E-state index in [9.17, 15) is 9.59 Å². The Morgan fingerprint density at radius 2 is 2.04 bits per heavy atom. The van der Waals surface area contributed by atoms with E-state index in [0.29, 0.717) is 31.1 Å². The number of rotatable bonds is 3. The minimum atomic E-state index is -0.0676. The molecule has 4 rings (SSSR count). The number of carbonyl (C=O) groups excluding carboxylic acids is 1. The van der Waals surface area contributed by atoms with Crippen LogP contribution in [-0.2, 0) is 6.54 Å². The highest BCUT2D eigenvalue weighted by molar-refractivity contribution is 5.97. The third kappa shape index (κ3) is 3.24. The number of aryl methyl sites for hydroxylation is 1. The van der Waals surface area contributed by atoms with Crippen molar-refractivity contribution < 1.29 is 4.79 Å². The Kier molecular flexibility index (Phi) is 4.28. The van der Waals surface area contributed by atoms with Crippen molar-refractivity contribution in [2.24, 2.45) is 5.92 Å². The lowest BCUT2D eigenvalue weighted by Gasteiger charge is -2.32. The number of nitrogens with zero attached hydrogens (tertiary/aromatic N) is 4. The number of amides is 1. The average molecular weight is 351 g/mol. The van der Waals surface area contributed by atoms with Crippen molar-refractivity contribution in [3.8, 4) is 0 Å². The number of aromatic amines is 1. The number of fused-ring (bicyclic) bond motifs is 1. The molecule has 1 amide bonds. The van der Waals surface area contributed by atoms with Crippen molar-refractivity contribution in [2.75, 3.05) is 13.1 Å². The maximum absolute atomic E-state index is 12.8. The number of aromatic nitrogens is 4. The van der Waals surface area contributed by atoms with E-state index in [1.165, 1.54) is 0 Å². The van der Waals surface area contributed by atoms with Gasteiger partial charge in [-0.05, 0) is 49.9 Å². The Balaban J connectivity index is 1.40. The molecule has 134 valence electrons. The van der Waals surface area contributed by atoms with Crippen LogP contribution < -0.4 is 5.56 Å². The van der Waals surface area contributed by atoms with Crippen LogP contribution in [0.1, 0.15) is 28.9 Å². The average Bonchev–Trinajstić information content (AvgIpc) is 3.12. The Morgan fingerprint density at radius 3 is 2.85 bits per heavy atom. The zero-order valence-electron chi connectivity index (χ0n) is 14.7. The predicted molar refractivity (Wildman–Crippen MR) is 98.0 cm³/mol. The number of hydrogen-bond acceptors (Lipinski definition) is 4. The molecule has 0 unspecified atom stereocenters. The van der Waals surface area contributed by atoms with Crippen LogP contribution in [0.5, 0.6) is 0 Å². The molecule has 26 heavy (non-hydrogen) atoms. The predicted octanol–water partition coefficient (Wildman–Crippen LogP) is 1.98. The first kappa shape index (κ1) is 16.5. The van der Waals surface area contributed by atoms with Crippen molar-refractivity contribution in [3.05, 3.63) is 58.3 Å². The molecule has 1 aliphatic heterocycles. The number of nitrogens with one attached hydrogen (secondary N) is 1. The number of piperidine rings is 1. The third-order valence-electron chi connectivity index (χ3n) is 5.00. The van der Waals surface area contributed by atoms with Gasteiger partial charge < -0.3 is 9.88 Å². The highest BCUT2D eigenvalue weighted by Gasteiger charge is 2.24. The van der Waals surface area contributed by atoms with Crippen LogP contribution in [0.15, 0.2) is 41.5 Å². The van der Waals surface area contributed by atoms with Gasteiger partial charge in [0.25, 0.3) is 11.5 Å². The van der Waals surface area contributed by atoms with Gasteiger partial charge in [-0.2, -0.15) is 5.10 Å². The molecule has 0 bridgehead atoms. The van der Waals surface area contributed by atoms with Gasteiger partial charge in [-0.3, -0.25) is 9.59 Å². The van der Waals surface area contributed by atoms with Crippen molar-refractivity contribution in [2.45, 2.75) is 26.3 Å². The molecule has 0 radical (unpaired) electrons. The van der Waals surface area contributed by atoms with E-state index in [4.69, 9.17) is 0 Å². The van der Waals surface area contributed by atoms with E-state index in [1.807, 2.05) is 30.0 Å². The van der Waals surface area contributed by atoms with Crippen LogP contribution in [-0.4, -0.2) is 43.6 Å². The van der Waals surface area contributed by atoms with E-state index >= 15 is 0 Å². The summed E-state index contributed by atoms with van der Waals surface area (Å²) in [5.74, 6) is 0.409. The summed E-state index contributed by atoms with van der Waals surface area (Å²) in [5.41, 5.74) is 3.18. The van der Waals surface area contributed by atoms with Gasteiger partial charge in [-0.1, -0.05) is 0 Å². The molecule has 0 aliphatic carbocycles. The van der Waals surface area contributed by atoms with E-state index in [1.54, 1.807) is 23.1 Å². The van der Waals surface area contributed by atoms with Crippen LogP contribution in [0.3, 0.4) is 0 Å². The SMILES string of the molecule is Cc1ccc(=O)n(CC2CCN(C(=O)c3ccc4nc[nH]c4c3)CC2)n1. The Hall–Kier alpha value is -2.96. The molecule has 3 heterocycles. The number of benzene rings is 1. The van der Waals surface area contributed by atoms with E-state index in [2.05, 4.69) is 15.1 Å². The Morgan fingerprint density at radius 1 is 1.23 bits per heavy atom. The molecule has 1 N–H and O–H groups in total. The van der Waals surface area contributed by atoms with Crippen molar-refractivity contribution in [1.29, 1.82) is 0 Å². The zero-order valence-corrected chi connectivity index (χ0v) is 14.7. The van der Waals surface area contributed by atoms with Gasteiger partial charge in [0, 0.05) is 31.3 Å². The fourth-order valence-electron chi connectivity index (χ4n) is 3.50. The number of imidazole rings is 1. The summed E-state index contributed by atoms with van der Waals surface area (Å²) in [7, 11) is 0. The monoisotopic (exact) mass is 351 g/mol. The van der Waals surface area contributed by atoms with Crippen molar-refractivity contribution in [3.63, 3.8) is 0 Å². The summed E-state index contributed by atoms with van der Waals surface area (Å²) in [6.45, 7) is 3.90. The van der Waals surface area contributed by atoms with E-state index in [-0.39, 0.29) is 11.5 Å². The molecule has 2 aromatic heterocycles. The molecule has 3 aromatic rings. The Bertz CT molecular complexity index is 998. The summed E-state index contributed by atoms with van der Waals surface area (Å²) in [5, 5.41) is 4.31. The molecule has 1 fully saturated rings. The maximum Gasteiger partial charge on any atom is 0.266 e. The van der Waals surface area contributed by atoms with Crippen molar-refractivity contribution >= 4 is 16.9 Å². The highest BCUT2D eigenvalue weighted by Crippen LogP contribution is 2.21. The fraction of sp³-hybridized carbons (Fsp3) is 0.368. The van der Waals surface area contributed by atoms with Crippen LogP contribution >= 0.6 is 0 Å². The highest BCUT2D eigenvalue weighted by atomic mass is 16.2. The maximum atomic E-state index is 12.8. The topological polar surface area (TPSA) is 83.9 Å². The van der Waals surface area contributed by atoms with Crippen LogP contribution in [0.25, 0.3) is 11.0 Å². The lowest BCUT2D eigenvalue weighted by atomic mass is 9.96. The molecule has 7 nitrogen and oxygen atoms in total. The van der Waals surface area contributed by atoms with Gasteiger partial charge in [-0.15, -0.1) is 0 Å². The summed E-state index contributed by atoms with van der Waals surface area (Å²) in [4.78, 5) is 33.8. The standard InChI is InChI=1S/C19H21N5O2/c1-13-2-5-18(25)24(22-13)11-14-6-8-23(9-7-14)19(26)15-3-4-16-17(10-15)21-12-20-16/h2-5,10,12,14H,6-9,11H2,1H3,(H,20,21). The van der Waals surface area contributed by atoms with Crippen LogP contribution in [0.2, 0.25) is 0 Å². The smallest absolute Gasteiger partial charge is 0.266 e. The normalized spacial score (nSPS) is 15.5. The molecule has 1 saturated heterocycles. The molecule has 0 atom stereocenters. The first-order valence-electron chi connectivity index (χ1n) is 8.87. The summed E-state index contributed by atoms with van der Waals surface area (Å²) in [6, 6.07) is 8.84. The minimum absolute atomic E-state index is 0.0470. The number of carbonyl (C=O) groups is 1. The van der Waals surface area contributed by atoms with Gasteiger partial charge in [0.1, 0.15) is 0 Å². The largest absolute Gasteiger partial charge is 0.345 e. The second-order valence-corrected chi connectivity index (χ2v) is 6.87. The molecule has 1 aromatic carbocycles. The lowest BCUT2D eigenvalue weighted by molar-refractivity contribution is 0.0680. The van der Waals surface area contributed by atoms with Crippen molar-refractivity contribution in [1.82, 2.24) is 24.6 Å². The van der Waals surface area contributed by atoms with Gasteiger partial charge in [0.2, 0.25) is 0 Å². The van der Waals surface area contributed by atoms with E-state index in [0.717, 1.165) is 29.6 Å². The molecule has 1 aliphatic rings. The molecular weight excluding hydrogens is 330 g/mol. The molecule has 0 saturated carbocycles. The number of likely N-dealkylation sites (tertiary alicyclic amines) is 1. The van der Waals surface area contributed by atoms with Crippen LogP contribution in [0.4, 0.5) is 0 Å². The number of H-pyrrole nitrogens is 1. The quantitative estimate of drug-likeness (QED) is 0.782. The molecular formula is C19H21N5O2. The van der Waals surface area contributed by atoms with Crippen LogP contribution in [0, 0.1) is 12.8 Å². The van der Waals surface area contributed by atoms with Gasteiger partial charge in [0.15, 0.2) is 0 Å². The first-order valence-corrected chi connectivity index (χ1v) is 8.87. The summed E-state index contributed by atoms with van der Waals surface area (Å²) in [6.07, 6.45) is 3.38. The minimum Gasteiger partial charge on any atom is -0.345 e. The first-order chi connectivity index (χ1) is 12.6. The summed E-state index contributed by atoms with van der Waals surface area (Å²) < 4.78 is 1.55. The molecule has 7 heteroatoms. The second kappa shape index (κ2) is 6.74. The second-order valence-electron chi connectivity index (χ2n) is 6.87. The fourth-order valence-corrected chi connectivity index (χ4v) is 3.50. The van der Waals surface area contributed by atoms with Gasteiger partial charge in [-0.25, -0.2) is 9.67 Å².